The summed E-state index contributed by atoms with van der Waals surface area (Å²) < 4.78 is 0. The molecule has 0 spiro atoms. The number of aryl methyl sites for hydroxylation is 2. The molecule has 2 N–H and O–H groups in total. The van der Waals surface area contributed by atoms with E-state index in [4.69, 9.17) is 0 Å². The van der Waals surface area contributed by atoms with Gasteiger partial charge in [0.15, 0.2) is 0 Å². The first-order chi connectivity index (χ1) is 8.56. The van der Waals surface area contributed by atoms with Crippen molar-refractivity contribution < 1.29 is 5.11 Å². The van der Waals surface area contributed by atoms with Crippen molar-refractivity contribution in [3.63, 3.8) is 0 Å². The zero-order valence-electron chi connectivity index (χ0n) is 11.7. The van der Waals surface area contributed by atoms with Gasteiger partial charge < -0.3 is 10.4 Å². The highest BCUT2D eigenvalue weighted by Crippen LogP contribution is 2.24. The van der Waals surface area contributed by atoms with Gasteiger partial charge in [-0.25, -0.2) is 0 Å². The third-order valence-corrected chi connectivity index (χ3v) is 4.06. The van der Waals surface area contributed by atoms with Gasteiger partial charge in [0, 0.05) is 12.5 Å². The van der Waals surface area contributed by atoms with E-state index in [1.165, 1.54) is 16.7 Å². The minimum absolute atomic E-state index is 0.132. The largest absolute Gasteiger partial charge is 0.393 e. The maximum atomic E-state index is 10.1. The second-order valence-corrected chi connectivity index (χ2v) is 5.90. The molecule has 1 heterocycles. The van der Waals surface area contributed by atoms with Crippen molar-refractivity contribution >= 4 is 0 Å². The first kappa shape index (κ1) is 13.6. The number of aliphatic hydroxyl groups is 1. The molecule has 2 heteroatoms. The summed E-state index contributed by atoms with van der Waals surface area (Å²) in [7, 11) is 0. The second-order valence-electron chi connectivity index (χ2n) is 5.90. The van der Waals surface area contributed by atoms with Gasteiger partial charge in [-0.2, -0.15) is 0 Å². The fraction of sp³-hybridized carbons (Fsp3) is 0.625. The van der Waals surface area contributed by atoms with E-state index in [0.29, 0.717) is 11.8 Å². The van der Waals surface area contributed by atoms with Crippen LogP contribution >= 0.6 is 0 Å². The van der Waals surface area contributed by atoms with E-state index in [2.05, 4.69) is 44.3 Å². The Morgan fingerprint density at radius 3 is 2.56 bits per heavy atom. The Balaban J connectivity index is 2.03. The van der Waals surface area contributed by atoms with Crippen molar-refractivity contribution in [2.75, 3.05) is 13.1 Å². The van der Waals surface area contributed by atoms with Gasteiger partial charge in [-0.05, 0) is 44.7 Å². The number of nitrogens with one attached hydrogen (secondary N) is 1. The summed E-state index contributed by atoms with van der Waals surface area (Å²) in [4.78, 5) is 0. The Bertz CT molecular complexity index is 382. The third kappa shape index (κ3) is 3.33. The minimum atomic E-state index is -0.132. The summed E-state index contributed by atoms with van der Waals surface area (Å²) in [5.74, 6) is 0.911. The zero-order valence-corrected chi connectivity index (χ0v) is 11.7. The Hall–Kier alpha value is -0.860. The lowest BCUT2D eigenvalue weighted by atomic mass is 9.81. The molecule has 2 nitrogen and oxygen atoms in total. The van der Waals surface area contributed by atoms with E-state index in [1.807, 2.05) is 0 Å². The van der Waals surface area contributed by atoms with Crippen LogP contribution in [0.4, 0.5) is 0 Å². The van der Waals surface area contributed by atoms with Gasteiger partial charge in [0.05, 0.1) is 6.10 Å². The van der Waals surface area contributed by atoms with Gasteiger partial charge in [0.25, 0.3) is 0 Å². The van der Waals surface area contributed by atoms with Gasteiger partial charge >= 0.3 is 0 Å². The van der Waals surface area contributed by atoms with E-state index < -0.39 is 0 Å². The lowest BCUT2D eigenvalue weighted by molar-refractivity contribution is 0.0507. The fourth-order valence-electron chi connectivity index (χ4n) is 3.16. The number of piperidine rings is 1. The van der Waals surface area contributed by atoms with E-state index in [1.54, 1.807) is 0 Å². The lowest BCUT2D eigenvalue weighted by Gasteiger charge is -2.33. The molecule has 1 saturated heterocycles. The Kier molecular flexibility index (Phi) is 4.41. The highest BCUT2D eigenvalue weighted by Gasteiger charge is 2.27. The molecule has 0 aliphatic carbocycles. The van der Waals surface area contributed by atoms with Crippen LogP contribution in [0.15, 0.2) is 18.2 Å². The van der Waals surface area contributed by atoms with Gasteiger partial charge in [0.2, 0.25) is 0 Å². The third-order valence-electron chi connectivity index (χ3n) is 4.06. The molecule has 2 rings (SSSR count). The van der Waals surface area contributed by atoms with Crippen molar-refractivity contribution in [1.82, 2.24) is 5.32 Å². The molecule has 1 aromatic carbocycles. The molecule has 0 saturated carbocycles. The van der Waals surface area contributed by atoms with Crippen molar-refractivity contribution in [2.24, 2.45) is 11.8 Å². The van der Waals surface area contributed by atoms with Crippen molar-refractivity contribution in [2.45, 2.75) is 39.7 Å². The summed E-state index contributed by atoms with van der Waals surface area (Å²) in [6.45, 7) is 8.47. The highest BCUT2D eigenvalue weighted by molar-refractivity contribution is 5.28. The quantitative estimate of drug-likeness (QED) is 0.860. The molecule has 0 radical (unpaired) electrons. The molecule has 0 amide bonds. The van der Waals surface area contributed by atoms with Crippen molar-refractivity contribution in [3.05, 3.63) is 34.9 Å². The average Bonchev–Trinajstić information content (AvgIpc) is 2.27. The molecule has 1 aromatic rings. The number of hydrogen-bond acceptors (Lipinski definition) is 2. The molecule has 1 fully saturated rings. The van der Waals surface area contributed by atoms with Crippen LogP contribution in [-0.2, 0) is 6.42 Å². The predicted octanol–water partition coefficient (Wildman–Crippen LogP) is 2.45. The van der Waals surface area contributed by atoms with Gasteiger partial charge in [-0.3, -0.25) is 0 Å². The van der Waals surface area contributed by atoms with Crippen LogP contribution in [0.5, 0.6) is 0 Å². The molecule has 0 bridgehead atoms. The summed E-state index contributed by atoms with van der Waals surface area (Å²) in [6.07, 6.45) is 1.82. The smallest absolute Gasteiger partial charge is 0.0595 e. The van der Waals surface area contributed by atoms with Crippen LogP contribution in [-0.4, -0.2) is 24.3 Å². The topological polar surface area (TPSA) is 32.3 Å². The maximum Gasteiger partial charge on any atom is 0.0595 e. The molecule has 18 heavy (non-hydrogen) atoms. The zero-order chi connectivity index (χ0) is 13.1. The number of hydrogen-bond donors (Lipinski definition) is 2. The van der Waals surface area contributed by atoms with Crippen LogP contribution in [0.3, 0.4) is 0 Å². The highest BCUT2D eigenvalue weighted by atomic mass is 16.3. The molecular weight excluding hydrogens is 222 g/mol. The first-order valence-electron chi connectivity index (χ1n) is 7.02. The molecule has 100 valence electrons. The standard InChI is InChI=1S/C16H25NO/c1-11-6-12(2)8-14(7-11)9-13(3)15-10-17-5-4-16(15)18/h6-8,13,15-18H,4-5,9-10H2,1-3H3. The molecule has 1 aliphatic rings. The molecule has 1 aliphatic heterocycles. The Morgan fingerprint density at radius 1 is 1.28 bits per heavy atom. The van der Waals surface area contributed by atoms with Crippen LogP contribution in [0, 0.1) is 25.7 Å². The second kappa shape index (κ2) is 5.85. The fourth-order valence-corrected chi connectivity index (χ4v) is 3.16. The maximum absolute atomic E-state index is 10.1. The average molecular weight is 247 g/mol. The molecule has 3 unspecified atom stereocenters. The first-order valence-corrected chi connectivity index (χ1v) is 7.02. The van der Waals surface area contributed by atoms with Crippen molar-refractivity contribution in [1.29, 1.82) is 0 Å². The number of benzene rings is 1. The van der Waals surface area contributed by atoms with E-state index in [-0.39, 0.29) is 6.10 Å². The number of aliphatic hydroxyl groups excluding tert-OH is 1. The molecular formula is C16H25NO. The van der Waals surface area contributed by atoms with Crippen molar-refractivity contribution in [3.8, 4) is 0 Å². The molecule has 3 atom stereocenters. The Labute approximate surface area is 110 Å². The van der Waals surface area contributed by atoms with Crippen LogP contribution in [0.1, 0.15) is 30.0 Å². The van der Waals surface area contributed by atoms with E-state index in [0.717, 1.165) is 25.9 Å². The Morgan fingerprint density at radius 2 is 1.94 bits per heavy atom. The molecule has 0 aromatic heterocycles. The van der Waals surface area contributed by atoms with E-state index in [9.17, 15) is 5.11 Å². The lowest BCUT2D eigenvalue weighted by Crippen LogP contribution is -2.43. The summed E-state index contributed by atoms with van der Waals surface area (Å²) in [5, 5.41) is 13.5. The predicted molar refractivity (Wildman–Crippen MR) is 75.8 cm³/mol. The summed E-state index contributed by atoms with van der Waals surface area (Å²) in [5.41, 5.74) is 4.07. The summed E-state index contributed by atoms with van der Waals surface area (Å²) in [6, 6.07) is 6.75. The monoisotopic (exact) mass is 247 g/mol. The minimum Gasteiger partial charge on any atom is -0.393 e. The van der Waals surface area contributed by atoms with Crippen LogP contribution < -0.4 is 5.32 Å². The van der Waals surface area contributed by atoms with Gasteiger partial charge in [-0.15, -0.1) is 0 Å². The normalized spacial score (nSPS) is 26.0. The van der Waals surface area contributed by atoms with Crippen LogP contribution in [0.25, 0.3) is 0 Å². The van der Waals surface area contributed by atoms with E-state index >= 15 is 0 Å². The van der Waals surface area contributed by atoms with Crippen LogP contribution in [0.2, 0.25) is 0 Å². The van der Waals surface area contributed by atoms with Gasteiger partial charge in [0.1, 0.15) is 0 Å². The summed E-state index contributed by atoms with van der Waals surface area (Å²) >= 11 is 0. The number of rotatable bonds is 3. The van der Waals surface area contributed by atoms with Gasteiger partial charge in [-0.1, -0.05) is 36.2 Å². The SMILES string of the molecule is Cc1cc(C)cc(CC(C)C2CNCCC2O)c1.